The number of nitrogens with one attached hydrogen (secondary N) is 1. The molecular formula is C27H29N5O4. The number of benzene rings is 1. The first-order valence-corrected chi connectivity index (χ1v) is 12.4. The van der Waals surface area contributed by atoms with Crippen molar-refractivity contribution in [3.8, 4) is 22.9 Å². The lowest BCUT2D eigenvalue weighted by molar-refractivity contribution is 0.0661. The second-order valence-corrected chi connectivity index (χ2v) is 9.33. The van der Waals surface area contributed by atoms with Gasteiger partial charge in [-0.3, -0.25) is 4.57 Å². The molecule has 9 heteroatoms. The van der Waals surface area contributed by atoms with Gasteiger partial charge in [0.1, 0.15) is 19.0 Å². The van der Waals surface area contributed by atoms with Gasteiger partial charge in [-0.2, -0.15) is 4.98 Å². The highest BCUT2D eigenvalue weighted by molar-refractivity contribution is 5.68. The molecule has 9 nitrogen and oxygen atoms in total. The van der Waals surface area contributed by atoms with Crippen LogP contribution in [0.3, 0.4) is 0 Å². The molecule has 1 unspecified atom stereocenters. The number of aryl methyl sites for hydroxylation is 1. The predicted octanol–water partition coefficient (Wildman–Crippen LogP) is 2.79. The predicted molar refractivity (Wildman–Crippen MR) is 134 cm³/mol. The van der Waals surface area contributed by atoms with Gasteiger partial charge in [-0.05, 0) is 55.2 Å². The summed E-state index contributed by atoms with van der Waals surface area (Å²) >= 11 is 0. The highest BCUT2D eigenvalue weighted by Crippen LogP contribution is 2.32. The van der Waals surface area contributed by atoms with Gasteiger partial charge in [-0.1, -0.05) is 6.07 Å². The summed E-state index contributed by atoms with van der Waals surface area (Å²) in [7, 11) is 1.97. The van der Waals surface area contributed by atoms with Gasteiger partial charge in [0.2, 0.25) is 5.88 Å². The summed E-state index contributed by atoms with van der Waals surface area (Å²) < 4.78 is 19.3. The van der Waals surface area contributed by atoms with Crippen LogP contribution in [0, 0.1) is 0 Å². The highest BCUT2D eigenvalue weighted by atomic mass is 16.5. The second kappa shape index (κ2) is 9.75. The van der Waals surface area contributed by atoms with Crippen LogP contribution in [0.2, 0.25) is 0 Å². The molecule has 6 rings (SSSR count). The molecule has 1 atom stereocenters. The monoisotopic (exact) mass is 487 g/mol. The van der Waals surface area contributed by atoms with Crippen molar-refractivity contribution in [1.82, 2.24) is 25.0 Å². The minimum Gasteiger partial charge on any atom is -0.487 e. The Morgan fingerprint density at radius 3 is 2.94 bits per heavy atom. The maximum Gasteiger partial charge on any atom is 0.351 e. The Labute approximate surface area is 209 Å². The first kappa shape index (κ1) is 22.8. The number of hydrazine groups is 1. The third-order valence-corrected chi connectivity index (χ3v) is 6.78. The molecule has 1 fully saturated rings. The lowest BCUT2D eigenvalue weighted by Gasteiger charge is -2.22. The van der Waals surface area contributed by atoms with Gasteiger partial charge < -0.3 is 19.2 Å². The van der Waals surface area contributed by atoms with Crippen LogP contribution in [-0.4, -0.2) is 52.5 Å². The minimum absolute atomic E-state index is 0.0701. The number of nitrogens with zero attached hydrogens (tertiary/aromatic N) is 4. The molecule has 0 amide bonds. The molecule has 0 spiro atoms. The maximum absolute atomic E-state index is 12.7. The Balaban J connectivity index is 1.17. The molecule has 1 N–H and O–H groups in total. The molecule has 186 valence electrons. The molecule has 5 heterocycles. The van der Waals surface area contributed by atoms with Crippen LogP contribution in [-0.2, 0) is 24.3 Å². The first-order chi connectivity index (χ1) is 17.6. The van der Waals surface area contributed by atoms with E-state index in [4.69, 9.17) is 19.2 Å². The Morgan fingerprint density at radius 1 is 1.17 bits per heavy atom. The summed E-state index contributed by atoms with van der Waals surface area (Å²) in [6, 6.07) is 13.9. The molecule has 0 radical (unpaired) electrons. The van der Waals surface area contributed by atoms with Crippen molar-refractivity contribution >= 4 is 5.57 Å². The van der Waals surface area contributed by atoms with Gasteiger partial charge in [0.05, 0.1) is 23.2 Å². The fourth-order valence-electron chi connectivity index (χ4n) is 4.89. The Hall–Kier alpha value is -3.69. The van der Waals surface area contributed by atoms with Crippen LogP contribution in [0.15, 0.2) is 53.5 Å². The SMILES string of the molecule is CN1C=C(c2cccc(COc3ccc4c(c3)CCn3c-4cc(OCC4CCCO4)nc3=O)n2)CN1. The average Bonchev–Trinajstić information content (AvgIpc) is 3.58. The van der Waals surface area contributed by atoms with Gasteiger partial charge in [0.25, 0.3) is 0 Å². The van der Waals surface area contributed by atoms with E-state index in [1.165, 1.54) is 0 Å². The molecule has 3 aromatic rings. The zero-order chi connectivity index (χ0) is 24.5. The van der Waals surface area contributed by atoms with Gasteiger partial charge in [0.15, 0.2) is 0 Å². The summed E-state index contributed by atoms with van der Waals surface area (Å²) in [5.41, 5.74) is 8.88. The molecule has 3 aliphatic rings. The number of ether oxygens (including phenoxy) is 3. The molecular weight excluding hydrogens is 458 g/mol. The number of hydrogen-bond donors (Lipinski definition) is 1. The minimum atomic E-state index is -0.287. The van der Waals surface area contributed by atoms with E-state index in [0.29, 0.717) is 25.6 Å². The summed E-state index contributed by atoms with van der Waals surface area (Å²) in [5.74, 6) is 1.13. The molecule has 1 saturated heterocycles. The average molecular weight is 488 g/mol. The Bertz CT molecular complexity index is 1360. The van der Waals surface area contributed by atoms with Crippen LogP contribution >= 0.6 is 0 Å². The van der Waals surface area contributed by atoms with Crippen molar-refractivity contribution in [1.29, 1.82) is 0 Å². The number of aromatic nitrogens is 3. The second-order valence-electron chi connectivity index (χ2n) is 9.33. The molecule has 36 heavy (non-hydrogen) atoms. The largest absolute Gasteiger partial charge is 0.487 e. The highest BCUT2D eigenvalue weighted by Gasteiger charge is 2.21. The first-order valence-electron chi connectivity index (χ1n) is 12.4. The number of pyridine rings is 1. The smallest absolute Gasteiger partial charge is 0.351 e. The van der Waals surface area contributed by atoms with Crippen LogP contribution in [0.1, 0.15) is 29.8 Å². The molecule has 0 saturated carbocycles. The topological polar surface area (TPSA) is 90.7 Å². The summed E-state index contributed by atoms with van der Waals surface area (Å²) in [5, 5.41) is 1.94. The van der Waals surface area contributed by atoms with E-state index in [9.17, 15) is 4.79 Å². The van der Waals surface area contributed by atoms with Gasteiger partial charge in [-0.25, -0.2) is 15.2 Å². The van der Waals surface area contributed by atoms with Crippen molar-refractivity contribution in [2.75, 3.05) is 26.8 Å². The molecule has 0 aliphatic carbocycles. The third kappa shape index (κ3) is 4.72. The van der Waals surface area contributed by atoms with E-state index < -0.39 is 0 Å². The van der Waals surface area contributed by atoms with Crippen LogP contribution in [0.4, 0.5) is 0 Å². The number of fused-ring (bicyclic) bond motifs is 3. The van der Waals surface area contributed by atoms with Crippen molar-refractivity contribution in [3.63, 3.8) is 0 Å². The standard InChI is InChI=1S/C27H29N5O4/c1-31-15-19(14-28-31)24-6-2-4-20(29-24)16-35-21-7-8-23-18(12-21)9-10-32-25(23)13-26(30-27(32)33)36-17-22-5-3-11-34-22/h2,4,6-8,12-13,15,22,28H,3,5,9-11,14,16-17H2,1H3. The van der Waals surface area contributed by atoms with E-state index >= 15 is 0 Å². The van der Waals surface area contributed by atoms with E-state index in [2.05, 4.69) is 16.5 Å². The van der Waals surface area contributed by atoms with Crippen LogP contribution < -0.4 is 20.6 Å². The van der Waals surface area contributed by atoms with Crippen molar-refractivity contribution < 1.29 is 14.2 Å². The normalized spacial score (nSPS) is 18.5. The van der Waals surface area contributed by atoms with Crippen LogP contribution in [0.5, 0.6) is 11.6 Å². The van der Waals surface area contributed by atoms with E-state index in [1.54, 1.807) is 4.57 Å². The number of rotatable bonds is 7. The lowest BCUT2D eigenvalue weighted by Crippen LogP contribution is -2.29. The molecule has 2 aromatic heterocycles. The Kier molecular flexibility index (Phi) is 6.16. The fraction of sp³-hybridized carbons (Fsp3) is 0.370. The van der Waals surface area contributed by atoms with E-state index in [0.717, 1.165) is 71.9 Å². The number of hydrogen-bond acceptors (Lipinski definition) is 8. The van der Waals surface area contributed by atoms with Gasteiger partial charge in [-0.15, -0.1) is 0 Å². The Morgan fingerprint density at radius 2 is 2.11 bits per heavy atom. The third-order valence-electron chi connectivity index (χ3n) is 6.78. The van der Waals surface area contributed by atoms with E-state index in [-0.39, 0.29) is 11.8 Å². The maximum atomic E-state index is 12.7. The van der Waals surface area contributed by atoms with Gasteiger partial charge in [0, 0.05) is 50.1 Å². The van der Waals surface area contributed by atoms with Crippen LogP contribution in [0.25, 0.3) is 16.8 Å². The zero-order valence-corrected chi connectivity index (χ0v) is 20.3. The molecule has 0 bridgehead atoms. The fourth-order valence-corrected chi connectivity index (χ4v) is 4.89. The molecule has 1 aromatic carbocycles. The zero-order valence-electron chi connectivity index (χ0n) is 20.3. The summed E-state index contributed by atoms with van der Waals surface area (Å²) in [6.45, 7) is 2.89. The van der Waals surface area contributed by atoms with Gasteiger partial charge >= 0.3 is 5.69 Å². The summed E-state index contributed by atoms with van der Waals surface area (Å²) in [6.07, 6.45) is 4.87. The van der Waals surface area contributed by atoms with Crippen molar-refractivity contribution in [2.24, 2.45) is 0 Å². The quantitative estimate of drug-likeness (QED) is 0.544. The summed E-state index contributed by atoms with van der Waals surface area (Å²) in [4.78, 5) is 21.5. The lowest BCUT2D eigenvalue weighted by atomic mass is 9.97. The van der Waals surface area contributed by atoms with Crippen molar-refractivity contribution in [2.45, 2.75) is 38.5 Å². The van der Waals surface area contributed by atoms with E-state index in [1.807, 2.05) is 54.7 Å². The van der Waals surface area contributed by atoms with Crippen molar-refractivity contribution in [3.05, 3.63) is 76.1 Å². The molecule has 3 aliphatic heterocycles.